The van der Waals surface area contributed by atoms with Crippen LogP contribution >= 0.6 is 0 Å². The molecule has 29 heavy (non-hydrogen) atoms. The molecule has 2 rings (SSSR count). The predicted molar refractivity (Wildman–Crippen MR) is 116 cm³/mol. The molecule has 5 nitrogen and oxygen atoms in total. The van der Waals surface area contributed by atoms with Crippen molar-refractivity contribution in [2.45, 2.75) is 52.6 Å². The Hall–Kier alpha value is -2.82. The van der Waals surface area contributed by atoms with E-state index in [9.17, 15) is 9.59 Å². The Balaban J connectivity index is 2.17. The summed E-state index contributed by atoms with van der Waals surface area (Å²) >= 11 is 0. The summed E-state index contributed by atoms with van der Waals surface area (Å²) < 4.78 is 5.18. The number of unbranched alkanes of at least 4 members (excludes halogenated alkanes) is 1. The molecular formula is C24H32N2O3. The molecular weight excluding hydrogens is 364 g/mol. The van der Waals surface area contributed by atoms with Crippen molar-refractivity contribution in [3.05, 3.63) is 65.2 Å². The number of nitrogens with one attached hydrogen (secondary N) is 1. The third-order valence-corrected chi connectivity index (χ3v) is 4.95. The van der Waals surface area contributed by atoms with Gasteiger partial charge < -0.3 is 15.0 Å². The number of amides is 2. The highest BCUT2D eigenvalue weighted by Crippen LogP contribution is 2.16. The third-order valence-electron chi connectivity index (χ3n) is 4.95. The van der Waals surface area contributed by atoms with E-state index in [4.69, 9.17) is 4.74 Å². The molecule has 0 aliphatic carbocycles. The number of hydrogen-bond donors (Lipinski definition) is 1. The lowest BCUT2D eigenvalue weighted by Gasteiger charge is -2.29. The summed E-state index contributed by atoms with van der Waals surface area (Å²) in [5.74, 6) is 0.561. The molecule has 0 spiro atoms. The number of rotatable bonds is 10. The van der Waals surface area contributed by atoms with Gasteiger partial charge in [-0.1, -0.05) is 55.3 Å². The van der Waals surface area contributed by atoms with E-state index in [2.05, 4.69) is 18.3 Å². The first-order valence-electron chi connectivity index (χ1n) is 10.2. The van der Waals surface area contributed by atoms with Gasteiger partial charge in [-0.15, -0.1) is 0 Å². The Labute approximate surface area is 174 Å². The average molecular weight is 397 g/mol. The van der Waals surface area contributed by atoms with Gasteiger partial charge in [0.05, 0.1) is 13.5 Å². The van der Waals surface area contributed by atoms with Gasteiger partial charge in [0, 0.05) is 13.1 Å². The third kappa shape index (κ3) is 6.93. The summed E-state index contributed by atoms with van der Waals surface area (Å²) in [6.07, 6.45) is 2.18. The highest BCUT2D eigenvalue weighted by molar-refractivity contribution is 5.88. The fraction of sp³-hybridized carbons (Fsp3) is 0.417. The Morgan fingerprint density at radius 2 is 1.83 bits per heavy atom. The highest BCUT2D eigenvalue weighted by atomic mass is 16.5. The SMILES string of the molecule is CCCCNC(=O)[C@@H](C)N(Cc1cccc(C)c1)C(=O)Cc1ccc(OC)cc1. The zero-order valence-electron chi connectivity index (χ0n) is 17.9. The summed E-state index contributed by atoms with van der Waals surface area (Å²) in [7, 11) is 1.61. The lowest BCUT2D eigenvalue weighted by atomic mass is 10.1. The van der Waals surface area contributed by atoms with Gasteiger partial charge in [0.25, 0.3) is 0 Å². The zero-order chi connectivity index (χ0) is 21.2. The summed E-state index contributed by atoms with van der Waals surface area (Å²) in [6.45, 7) is 6.93. The van der Waals surface area contributed by atoms with Gasteiger partial charge in [-0.3, -0.25) is 9.59 Å². The lowest BCUT2D eigenvalue weighted by Crippen LogP contribution is -2.48. The van der Waals surface area contributed by atoms with Crippen LogP contribution in [0.1, 0.15) is 43.4 Å². The Morgan fingerprint density at radius 3 is 2.45 bits per heavy atom. The van der Waals surface area contributed by atoms with Crippen molar-refractivity contribution in [3.63, 3.8) is 0 Å². The zero-order valence-corrected chi connectivity index (χ0v) is 17.9. The van der Waals surface area contributed by atoms with Crippen LogP contribution in [-0.4, -0.2) is 36.4 Å². The van der Waals surface area contributed by atoms with Crippen LogP contribution in [0.5, 0.6) is 5.75 Å². The number of carbonyl (C=O) groups excluding carboxylic acids is 2. The molecule has 0 aromatic heterocycles. The highest BCUT2D eigenvalue weighted by Gasteiger charge is 2.26. The van der Waals surface area contributed by atoms with Crippen LogP contribution in [0.15, 0.2) is 48.5 Å². The van der Waals surface area contributed by atoms with E-state index in [1.54, 1.807) is 18.9 Å². The van der Waals surface area contributed by atoms with Gasteiger partial charge >= 0.3 is 0 Å². The normalized spacial score (nSPS) is 11.6. The molecule has 0 saturated carbocycles. The molecule has 2 amide bonds. The quantitative estimate of drug-likeness (QED) is 0.620. The smallest absolute Gasteiger partial charge is 0.242 e. The maximum absolute atomic E-state index is 13.1. The van der Waals surface area contributed by atoms with Crippen LogP contribution in [0, 0.1) is 6.92 Å². The number of carbonyl (C=O) groups is 2. The second-order valence-corrected chi connectivity index (χ2v) is 7.36. The van der Waals surface area contributed by atoms with Gasteiger partial charge in [-0.25, -0.2) is 0 Å². The summed E-state index contributed by atoms with van der Waals surface area (Å²) in [5.41, 5.74) is 3.04. The van der Waals surface area contributed by atoms with Crippen molar-refractivity contribution < 1.29 is 14.3 Å². The molecule has 2 aromatic rings. The number of benzene rings is 2. The molecule has 0 radical (unpaired) electrons. The molecule has 0 bridgehead atoms. The van der Waals surface area contributed by atoms with E-state index in [0.717, 1.165) is 35.3 Å². The molecule has 5 heteroatoms. The number of ether oxygens (including phenoxy) is 1. The number of aryl methyl sites for hydroxylation is 1. The first kappa shape index (κ1) is 22.5. The first-order chi connectivity index (χ1) is 13.9. The number of nitrogens with zero attached hydrogens (tertiary/aromatic N) is 1. The topological polar surface area (TPSA) is 58.6 Å². The van der Waals surface area contributed by atoms with Gasteiger partial charge in [0.15, 0.2) is 0 Å². The lowest BCUT2D eigenvalue weighted by molar-refractivity contribution is -0.140. The van der Waals surface area contributed by atoms with Gasteiger partial charge in [-0.2, -0.15) is 0 Å². The molecule has 0 unspecified atom stereocenters. The maximum Gasteiger partial charge on any atom is 0.242 e. The second-order valence-electron chi connectivity index (χ2n) is 7.36. The van der Waals surface area contributed by atoms with Crippen LogP contribution in [0.25, 0.3) is 0 Å². The maximum atomic E-state index is 13.1. The summed E-state index contributed by atoms with van der Waals surface area (Å²) in [6, 6.07) is 14.9. The van der Waals surface area contributed by atoms with E-state index < -0.39 is 6.04 Å². The minimum atomic E-state index is -0.543. The van der Waals surface area contributed by atoms with Crippen molar-refractivity contribution in [2.24, 2.45) is 0 Å². The molecule has 0 aliphatic rings. The van der Waals surface area contributed by atoms with E-state index in [-0.39, 0.29) is 18.2 Å². The van der Waals surface area contributed by atoms with Crippen LogP contribution in [0.4, 0.5) is 0 Å². The standard InChI is InChI=1S/C24H32N2O3/c1-5-6-14-25-24(28)19(3)26(17-21-9-7-8-18(2)15-21)23(27)16-20-10-12-22(29-4)13-11-20/h7-13,15,19H,5-6,14,16-17H2,1-4H3,(H,25,28)/t19-/m1/s1. The fourth-order valence-corrected chi connectivity index (χ4v) is 3.15. The number of hydrogen-bond acceptors (Lipinski definition) is 3. The second kappa shape index (κ2) is 11.2. The molecule has 0 fully saturated rings. The van der Waals surface area contributed by atoms with Crippen LogP contribution in [-0.2, 0) is 22.6 Å². The van der Waals surface area contributed by atoms with Crippen molar-refractivity contribution in [2.75, 3.05) is 13.7 Å². The van der Waals surface area contributed by atoms with Crippen molar-refractivity contribution in [3.8, 4) is 5.75 Å². The van der Waals surface area contributed by atoms with Crippen molar-refractivity contribution in [1.29, 1.82) is 0 Å². The van der Waals surface area contributed by atoms with Gasteiger partial charge in [-0.05, 0) is 43.5 Å². The Kier molecular flexibility index (Phi) is 8.71. The van der Waals surface area contributed by atoms with Crippen molar-refractivity contribution in [1.82, 2.24) is 10.2 Å². The first-order valence-corrected chi connectivity index (χ1v) is 10.2. The van der Waals surface area contributed by atoms with Gasteiger partial charge in [0.1, 0.15) is 11.8 Å². The van der Waals surface area contributed by atoms with Gasteiger partial charge in [0.2, 0.25) is 11.8 Å². The minimum absolute atomic E-state index is 0.0742. The monoisotopic (exact) mass is 396 g/mol. The minimum Gasteiger partial charge on any atom is -0.497 e. The molecule has 2 aromatic carbocycles. The fourth-order valence-electron chi connectivity index (χ4n) is 3.15. The van der Waals surface area contributed by atoms with E-state index in [1.165, 1.54) is 0 Å². The van der Waals surface area contributed by atoms with Crippen LogP contribution in [0.3, 0.4) is 0 Å². The average Bonchev–Trinajstić information content (AvgIpc) is 2.72. The van der Waals surface area contributed by atoms with E-state index >= 15 is 0 Å². The molecule has 0 heterocycles. The van der Waals surface area contributed by atoms with E-state index in [1.807, 2.05) is 49.4 Å². The van der Waals surface area contributed by atoms with Crippen LogP contribution < -0.4 is 10.1 Å². The molecule has 0 aliphatic heterocycles. The molecule has 1 atom stereocenters. The predicted octanol–water partition coefficient (Wildman–Crippen LogP) is 3.88. The Morgan fingerprint density at radius 1 is 1.10 bits per heavy atom. The Bertz CT molecular complexity index is 802. The molecule has 156 valence electrons. The van der Waals surface area contributed by atoms with Crippen molar-refractivity contribution >= 4 is 11.8 Å². The molecule has 0 saturated heterocycles. The largest absolute Gasteiger partial charge is 0.497 e. The summed E-state index contributed by atoms with van der Waals surface area (Å²) in [4.78, 5) is 27.4. The summed E-state index contributed by atoms with van der Waals surface area (Å²) in [5, 5.41) is 2.95. The van der Waals surface area contributed by atoms with Crippen LogP contribution in [0.2, 0.25) is 0 Å². The molecule has 1 N–H and O–H groups in total. The number of methoxy groups -OCH3 is 1. The van der Waals surface area contributed by atoms with E-state index in [0.29, 0.717) is 13.1 Å².